The lowest BCUT2D eigenvalue weighted by Gasteiger charge is -2.04. The maximum atomic E-state index is 12.4. The van der Waals surface area contributed by atoms with Crippen LogP contribution in [-0.4, -0.2) is 23.5 Å². The molecule has 31 heavy (non-hydrogen) atoms. The summed E-state index contributed by atoms with van der Waals surface area (Å²) < 4.78 is 5.08. The van der Waals surface area contributed by atoms with Gasteiger partial charge in [-0.3, -0.25) is 14.9 Å². The first-order valence-corrected chi connectivity index (χ1v) is 11.1. The lowest BCUT2D eigenvalue weighted by molar-refractivity contribution is -0.142. The van der Waals surface area contributed by atoms with Gasteiger partial charge in [-0.1, -0.05) is 68.4 Å². The summed E-state index contributed by atoms with van der Waals surface area (Å²) in [5.41, 5.74) is 3.78. The first-order valence-electron chi connectivity index (χ1n) is 10.3. The Hall–Kier alpha value is -3.25. The highest BCUT2D eigenvalue weighted by molar-refractivity contribution is 7.16. The number of benzene rings is 2. The number of thiazole rings is 1. The van der Waals surface area contributed by atoms with Gasteiger partial charge in [0.25, 0.3) is 0 Å². The summed E-state index contributed by atoms with van der Waals surface area (Å²) in [4.78, 5) is 29.8. The van der Waals surface area contributed by atoms with Gasteiger partial charge in [0.2, 0.25) is 5.91 Å². The quantitative estimate of drug-likeness (QED) is 0.365. The zero-order chi connectivity index (χ0) is 22.2. The highest BCUT2D eigenvalue weighted by atomic mass is 32.1. The number of anilines is 1. The van der Waals surface area contributed by atoms with Gasteiger partial charge >= 0.3 is 5.97 Å². The SMILES string of the molecule is CCOC(=O)Cc1sc(NC(=O)/C=C/c2ccc(C(C)C)cc2)nc1-c1ccccc1. The number of amides is 1. The predicted octanol–water partition coefficient (Wildman–Crippen LogP) is 5.69. The molecule has 0 bridgehead atoms. The van der Waals surface area contributed by atoms with Crippen LogP contribution < -0.4 is 5.32 Å². The van der Waals surface area contributed by atoms with Crippen molar-refractivity contribution in [1.29, 1.82) is 0 Å². The molecule has 0 saturated carbocycles. The van der Waals surface area contributed by atoms with Crippen LogP contribution in [0.4, 0.5) is 5.13 Å². The van der Waals surface area contributed by atoms with Crippen molar-refractivity contribution in [2.24, 2.45) is 0 Å². The second-order valence-electron chi connectivity index (χ2n) is 7.28. The molecule has 0 saturated heterocycles. The van der Waals surface area contributed by atoms with Crippen LogP contribution in [0.1, 0.15) is 42.7 Å². The van der Waals surface area contributed by atoms with Gasteiger partial charge in [0.1, 0.15) is 0 Å². The fourth-order valence-corrected chi connectivity index (χ4v) is 3.97. The van der Waals surface area contributed by atoms with Crippen molar-refractivity contribution in [3.8, 4) is 11.3 Å². The van der Waals surface area contributed by atoms with Crippen molar-refractivity contribution in [2.75, 3.05) is 11.9 Å². The molecule has 2 aromatic carbocycles. The Bertz CT molecular complexity index is 1050. The largest absolute Gasteiger partial charge is 0.466 e. The third-order valence-electron chi connectivity index (χ3n) is 4.62. The Kier molecular flexibility index (Phi) is 7.73. The van der Waals surface area contributed by atoms with Crippen LogP contribution in [0.15, 0.2) is 60.7 Å². The molecule has 3 rings (SSSR count). The van der Waals surface area contributed by atoms with Crippen molar-refractivity contribution in [3.05, 3.63) is 76.7 Å². The molecule has 6 heteroatoms. The molecule has 160 valence electrons. The molecule has 0 aliphatic rings. The van der Waals surface area contributed by atoms with E-state index in [-0.39, 0.29) is 18.3 Å². The molecule has 0 radical (unpaired) electrons. The van der Waals surface area contributed by atoms with Gasteiger partial charge in [-0.2, -0.15) is 0 Å². The Morgan fingerprint density at radius 1 is 1.10 bits per heavy atom. The van der Waals surface area contributed by atoms with E-state index in [1.807, 2.05) is 42.5 Å². The van der Waals surface area contributed by atoms with E-state index >= 15 is 0 Å². The number of nitrogens with zero attached hydrogens (tertiary/aromatic N) is 1. The molecule has 1 aromatic heterocycles. The molecule has 1 amide bonds. The highest BCUT2D eigenvalue weighted by Crippen LogP contribution is 2.31. The first-order chi connectivity index (χ1) is 15.0. The van der Waals surface area contributed by atoms with E-state index in [0.29, 0.717) is 23.4 Å². The number of aromatic nitrogens is 1. The third kappa shape index (κ3) is 6.36. The fourth-order valence-electron chi connectivity index (χ4n) is 3.00. The van der Waals surface area contributed by atoms with Gasteiger partial charge in [-0.25, -0.2) is 4.98 Å². The molecule has 0 fully saturated rings. The molecule has 5 nitrogen and oxygen atoms in total. The maximum absolute atomic E-state index is 12.4. The summed E-state index contributed by atoms with van der Waals surface area (Å²) >= 11 is 1.29. The van der Waals surface area contributed by atoms with Gasteiger partial charge in [-0.05, 0) is 30.0 Å². The van der Waals surface area contributed by atoms with Gasteiger partial charge in [-0.15, -0.1) is 11.3 Å². The van der Waals surface area contributed by atoms with Gasteiger partial charge in [0.05, 0.1) is 18.7 Å². The zero-order valence-corrected chi connectivity index (χ0v) is 18.7. The second-order valence-corrected chi connectivity index (χ2v) is 8.37. The fraction of sp³-hybridized carbons (Fsp3) is 0.240. The molecule has 1 N–H and O–H groups in total. The molecular formula is C25H26N2O3S. The first kappa shape index (κ1) is 22.4. The molecule has 1 heterocycles. The number of carbonyl (C=O) groups excluding carboxylic acids is 2. The van der Waals surface area contributed by atoms with E-state index in [2.05, 4.69) is 36.3 Å². The highest BCUT2D eigenvalue weighted by Gasteiger charge is 2.17. The Labute approximate surface area is 186 Å². The normalized spacial score (nSPS) is 11.1. The molecule has 0 atom stereocenters. The van der Waals surface area contributed by atoms with Crippen LogP contribution in [0.25, 0.3) is 17.3 Å². The zero-order valence-electron chi connectivity index (χ0n) is 17.9. The number of rotatable bonds is 8. The van der Waals surface area contributed by atoms with Crippen LogP contribution in [0, 0.1) is 0 Å². The minimum absolute atomic E-state index is 0.115. The summed E-state index contributed by atoms with van der Waals surface area (Å²) in [7, 11) is 0. The van der Waals surface area contributed by atoms with Crippen LogP contribution in [0.3, 0.4) is 0 Å². The van der Waals surface area contributed by atoms with Crippen molar-refractivity contribution in [1.82, 2.24) is 4.98 Å². The minimum Gasteiger partial charge on any atom is -0.466 e. The molecule has 0 spiro atoms. The van der Waals surface area contributed by atoms with E-state index in [1.54, 1.807) is 13.0 Å². The van der Waals surface area contributed by atoms with E-state index in [4.69, 9.17) is 4.74 Å². The smallest absolute Gasteiger partial charge is 0.311 e. The summed E-state index contributed by atoms with van der Waals surface area (Å²) in [5.74, 6) is -0.122. The monoisotopic (exact) mass is 434 g/mol. The van der Waals surface area contributed by atoms with E-state index < -0.39 is 0 Å². The lowest BCUT2D eigenvalue weighted by atomic mass is 10.0. The summed E-state index contributed by atoms with van der Waals surface area (Å²) in [6.45, 7) is 6.39. The van der Waals surface area contributed by atoms with Gasteiger partial charge < -0.3 is 4.74 Å². The van der Waals surface area contributed by atoms with Crippen molar-refractivity contribution in [3.63, 3.8) is 0 Å². The van der Waals surface area contributed by atoms with Crippen LogP contribution >= 0.6 is 11.3 Å². The lowest BCUT2D eigenvalue weighted by Crippen LogP contribution is -2.07. The van der Waals surface area contributed by atoms with Crippen LogP contribution in [0.5, 0.6) is 0 Å². The molecule has 0 aliphatic heterocycles. The number of nitrogens with one attached hydrogen (secondary N) is 1. The Morgan fingerprint density at radius 2 is 1.81 bits per heavy atom. The van der Waals surface area contributed by atoms with Crippen molar-refractivity contribution >= 4 is 34.4 Å². The number of ether oxygens (including phenoxy) is 1. The van der Waals surface area contributed by atoms with Gasteiger partial charge in [0, 0.05) is 16.5 Å². The number of hydrogen-bond acceptors (Lipinski definition) is 5. The summed E-state index contributed by atoms with van der Waals surface area (Å²) in [5, 5.41) is 3.25. The number of esters is 1. The number of carbonyl (C=O) groups is 2. The maximum Gasteiger partial charge on any atom is 0.311 e. The van der Waals surface area contributed by atoms with Crippen LogP contribution in [0.2, 0.25) is 0 Å². The average molecular weight is 435 g/mol. The molecular weight excluding hydrogens is 408 g/mol. The summed E-state index contributed by atoms with van der Waals surface area (Å²) in [6, 6.07) is 17.7. The van der Waals surface area contributed by atoms with E-state index in [1.165, 1.54) is 23.0 Å². The topological polar surface area (TPSA) is 68.3 Å². The minimum atomic E-state index is -0.314. The van der Waals surface area contributed by atoms with E-state index in [9.17, 15) is 9.59 Å². The van der Waals surface area contributed by atoms with Crippen molar-refractivity contribution in [2.45, 2.75) is 33.1 Å². The predicted molar refractivity (Wildman–Crippen MR) is 126 cm³/mol. The standard InChI is InChI=1S/C25H26N2O3S/c1-4-30-23(29)16-21-24(20-8-6-5-7-9-20)27-25(31-21)26-22(28)15-12-18-10-13-19(14-11-18)17(2)3/h5-15,17H,4,16H2,1-3H3,(H,26,27,28)/b15-12+. The summed E-state index contributed by atoms with van der Waals surface area (Å²) in [6.07, 6.45) is 3.37. The molecule has 0 aliphatic carbocycles. The second kappa shape index (κ2) is 10.7. The molecule has 3 aromatic rings. The average Bonchev–Trinajstić information content (AvgIpc) is 3.15. The Balaban J connectivity index is 1.75. The van der Waals surface area contributed by atoms with E-state index in [0.717, 1.165) is 16.0 Å². The third-order valence-corrected chi connectivity index (χ3v) is 5.59. The van der Waals surface area contributed by atoms with Crippen LogP contribution in [-0.2, 0) is 20.7 Å². The Morgan fingerprint density at radius 3 is 2.45 bits per heavy atom. The molecule has 0 unspecified atom stereocenters. The van der Waals surface area contributed by atoms with Crippen molar-refractivity contribution < 1.29 is 14.3 Å². The van der Waals surface area contributed by atoms with Gasteiger partial charge in [0.15, 0.2) is 5.13 Å². The number of hydrogen-bond donors (Lipinski definition) is 1.